The van der Waals surface area contributed by atoms with Gasteiger partial charge in [-0.05, 0) is 63.5 Å². The molecule has 0 N–H and O–H groups in total. The van der Waals surface area contributed by atoms with Crippen molar-refractivity contribution in [3.05, 3.63) is 53.9 Å². The molecule has 0 aliphatic rings. The highest BCUT2D eigenvalue weighted by molar-refractivity contribution is 7.92. The predicted molar refractivity (Wildman–Crippen MR) is 133 cm³/mol. The molecule has 1 aromatic heterocycles. The van der Waals surface area contributed by atoms with Crippen molar-refractivity contribution in [2.24, 2.45) is 0 Å². The van der Waals surface area contributed by atoms with Gasteiger partial charge in [-0.1, -0.05) is 0 Å². The van der Waals surface area contributed by atoms with E-state index in [0.717, 1.165) is 0 Å². The van der Waals surface area contributed by atoms with Crippen molar-refractivity contribution in [3.8, 4) is 11.8 Å². The molecular formula is C24H29N5O5S. The monoisotopic (exact) mass is 499 g/mol. The van der Waals surface area contributed by atoms with Gasteiger partial charge in [-0.3, -0.25) is 9.10 Å². The van der Waals surface area contributed by atoms with E-state index in [-0.39, 0.29) is 26.3 Å². The zero-order valence-corrected chi connectivity index (χ0v) is 21.1. The van der Waals surface area contributed by atoms with Crippen molar-refractivity contribution in [3.63, 3.8) is 0 Å². The number of benzene rings is 2. The molecule has 0 radical (unpaired) electrons. The van der Waals surface area contributed by atoms with E-state index < -0.39 is 16.0 Å². The number of anilines is 1. The molecule has 0 aliphatic heterocycles. The lowest BCUT2D eigenvalue weighted by molar-refractivity contribution is -0.143. The van der Waals surface area contributed by atoms with Crippen molar-refractivity contribution >= 4 is 32.7 Å². The molecule has 35 heavy (non-hydrogen) atoms. The molecule has 10 nitrogen and oxygen atoms in total. The molecule has 0 amide bonds. The van der Waals surface area contributed by atoms with Crippen LogP contribution in [0.4, 0.5) is 5.69 Å². The summed E-state index contributed by atoms with van der Waals surface area (Å²) in [5.41, 5.74) is 2.19. The lowest BCUT2D eigenvalue weighted by Gasteiger charge is -2.24. The second-order valence-electron chi connectivity index (χ2n) is 8.16. The van der Waals surface area contributed by atoms with E-state index in [2.05, 4.69) is 11.1 Å². The van der Waals surface area contributed by atoms with E-state index in [1.54, 1.807) is 54.0 Å². The summed E-state index contributed by atoms with van der Waals surface area (Å²) in [6, 6.07) is 13.9. The number of aromatic nitrogens is 2. The summed E-state index contributed by atoms with van der Waals surface area (Å²) in [5, 5.41) is 8.96. The van der Waals surface area contributed by atoms with Crippen LogP contribution in [-0.2, 0) is 32.7 Å². The standard InChI is InChI=1S/C24H29N5O5S/c1-5-33-24(30)16-28-22-11-8-19(29(35(4,31)32)13-12-27(2)3)14-21(22)26-23(28)17-34-20-9-6-18(15-25)7-10-20/h6-11,14H,5,12-13,16-17H2,1-4H3. The molecule has 0 spiro atoms. The number of nitrogens with zero attached hydrogens (tertiary/aromatic N) is 5. The Bertz CT molecular complexity index is 1330. The molecule has 0 bridgehead atoms. The number of carbonyl (C=O) groups is 1. The number of fused-ring (bicyclic) bond motifs is 1. The van der Waals surface area contributed by atoms with E-state index in [9.17, 15) is 13.2 Å². The van der Waals surface area contributed by atoms with Gasteiger partial charge in [-0.15, -0.1) is 0 Å². The predicted octanol–water partition coefficient (Wildman–Crippen LogP) is 2.38. The van der Waals surface area contributed by atoms with Crippen LogP contribution in [0, 0.1) is 11.3 Å². The molecule has 0 saturated heterocycles. The molecule has 0 aliphatic carbocycles. The molecular weight excluding hydrogens is 470 g/mol. The lowest BCUT2D eigenvalue weighted by atomic mass is 10.2. The summed E-state index contributed by atoms with van der Waals surface area (Å²) in [5.74, 6) is 0.611. The fourth-order valence-electron chi connectivity index (χ4n) is 3.50. The number of esters is 1. The van der Waals surface area contributed by atoms with Gasteiger partial charge in [0.25, 0.3) is 0 Å². The minimum atomic E-state index is -3.51. The number of hydrogen-bond donors (Lipinski definition) is 0. The van der Waals surface area contributed by atoms with Crippen LogP contribution in [0.25, 0.3) is 11.0 Å². The first-order valence-corrected chi connectivity index (χ1v) is 12.9. The van der Waals surface area contributed by atoms with Crippen molar-refractivity contribution in [2.75, 3.05) is 44.4 Å². The highest BCUT2D eigenvalue weighted by atomic mass is 32.2. The number of ether oxygens (including phenoxy) is 2. The number of sulfonamides is 1. The SMILES string of the molecule is CCOC(=O)Cn1c(COc2ccc(C#N)cc2)nc2cc(N(CCN(C)C)S(C)(=O)=O)ccc21. The molecule has 3 rings (SSSR count). The number of nitriles is 1. The van der Waals surface area contributed by atoms with Crippen LogP contribution in [0.5, 0.6) is 5.75 Å². The summed E-state index contributed by atoms with van der Waals surface area (Å²) >= 11 is 0. The maximum Gasteiger partial charge on any atom is 0.326 e. The highest BCUT2D eigenvalue weighted by Crippen LogP contribution is 2.26. The quantitative estimate of drug-likeness (QED) is 0.369. The fraction of sp³-hybridized carbons (Fsp3) is 0.375. The third-order valence-electron chi connectivity index (χ3n) is 5.19. The molecule has 11 heteroatoms. The van der Waals surface area contributed by atoms with Crippen LogP contribution >= 0.6 is 0 Å². The fourth-order valence-corrected chi connectivity index (χ4v) is 4.41. The summed E-state index contributed by atoms with van der Waals surface area (Å²) in [7, 11) is 0.238. The Morgan fingerprint density at radius 3 is 2.46 bits per heavy atom. The van der Waals surface area contributed by atoms with Gasteiger partial charge in [-0.2, -0.15) is 5.26 Å². The third kappa shape index (κ3) is 6.71. The molecule has 0 fully saturated rings. The minimum absolute atomic E-state index is 0.0612. The first kappa shape index (κ1) is 26.0. The average molecular weight is 500 g/mol. The van der Waals surface area contributed by atoms with Crippen LogP contribution in [-0.4, -0.2) is 68.9 Å². The Labute approximate surface area is 205 Å². The normalized spacial score (nSPS) is 11.4. The molecule has 186 valence electrons. The van der Waals surface area contributed by atoms with E-state index in [1.165, 1.54) is 10.6 Å². The van der Waals surface area contributed by atoms with Crippen LogP contribution in [0.3, 0.4) is 0 Å². The second kappa shape index (κ2) is 11.2. The van der Waals surface area contributed by atoms with Gasteiger partial charge in [-0.25, -0.2) is 13.4 Å². The Morgan fingerprint density at radius 2 is 1.86 bits per heavy atom. The molecule has 2 aromatic carbocycles. The topological polar surface area (TPSA) is 118 Å². The maximum atomic E-state index is 12.5. The van der Waals surface area contributed by atoms with Crippen molar-refractivity contribution in [1.82, 2.24) is 14.5 Å². The molecule has 0 unspecified atom stereocenters. The van der Waals surface area contributed by atoms with Gasteiger partial charge < -0.3 is 18.9 Å². The van der Waals surface area contributed by atoms with Gasteiger partial charge in [0.2, 0.25) is 10.0 Å². The third-order valence-corrected chi connectivity index (χ3v) is 6.39. The van der Waals surface area contributed by atoms with E-state index >= 15 is 0 Å². The lowest BCUT2D eigenvalue weighted by Crippen LogP contribution is -2.36. The Kier molecular flexibility index (Phi) is 8.32. The van der Waals surface area contributed by atoms with E-state index in [1.807, 2.05) is 19.0 Å². The Hall–Kier alpha value is -3.62. The van der Waals surface area contributed by atoms with Crippen molar-refractivity contribution < 1.29 is 22.7 Å². The largest absolute Gasteiger partial charge is 0.486 e. The zero-order chi connectivity index (χ0) is 25.6. The van der Waals surface area contributed by atoms with Crippen molar-refractivity contribution in [2.45, 2.75) is 20.1 Å². The van der Waals surface area contributed by atoms with E-state index in [0.29, 0.717) is 40.4 Å². The highest BCUT2D eigenvalue weighted by Gasteiger charge is 2.21. The Morgan fingerprint density at radius 1 is 1.14 bits per heavy atom. The summed E-state index contributed by atoms with van der Waals surface area (Å²) in [6.07, 6.45) is 1.17. The van der Waals surface area contributed by atoms with Crippen LogP contribution < -0.4 is 9.04 Å². The zero-order valence-electron chi connectivity index (χ0n) is 20.3. The molecule has 0 atom stereocenters. The van der Waals surface area contributed by atoms with E-state index in [4.69, 9.17) is 14.7 Å². The summed E-state index contributed by atoms with van der Waals surface area (Å²) in [6.45, 7) is 2.82. The summed E-state index contributed by atoms with van der Waals surface area (Å²) < 4.78 is 38.9. The smallest absolute Gasteiger partial charge is 0.326 e. The summed E-state index contributed by atoms with van der Waals surface area (Å²) in [4.78, 5) is 18.8. The number of likely N-dealkylation sites (N-methyl/N-ethyl adjacent to an activating group) is 1. The van der Waals surface area contributed by atoms with Crippen LogP contribution in [0.1, 0.15) is 18.3 Å². The van der Waals surface area contributed by atoms with Gasteiger partial charge in [0, 0.05) is 13.1 Å². The van der Waals surface area contributed by atoms with Crippen LogP contribution in [0.2, 0.25) is 0 Å². The van der Waals surface area contributed by atoms with Gasteiger partial charge in [0.1, 0.15) is 24.7 Å². The van der Waals surface area contributed by atoms with Gasteiger partial charge >= 0.3 is 5.97 Å². The first-order chi connectivity index (χ1) is 16.6. The van der Waals surface area contributed by atoms with Crippen LogP contribution in [0.15, 0.2) is 42.5 Å². The number of rotatable bonds is 11. The average Bonchev–Trinajstić information content (AvgIpc) is 3.13. The van der Waals surface area contributed by atoms with Crippen molar-refractivity contribution in [1.29, 1.82) is 5.26 Å². The first-order valence-electron chi connectivity index (χ1n) is 11.0. The maximum absolute atomic E-state index is 12.5. The minimum Gasteiger partial charge on any atom is -0.486 e. The number of hydrogen-bond acceptors (Lipinski definition) is 8. The molecule has 0 saturated carbocycles. The van der Waals surface area contributed by atoms with Gasteiger partial charge in [0.05, 0.1) is 41.2 Å². The number of imidazole rings is 1. The van der Waals surface area contributed by atoms with Gasteiger partial charge in [0.15, 0.2) is 0 Å². The molecule has 1 heterocycles. The number of carbonyl (C=O) groups excluding carboxylic acids is 1. The Balaban J connectivity index is 1.97. The molecule has 3 aromatic rings. The second-order valence-corrected chi connectivity index (χ2v) is 10.1.